The molecule has 190 valence electrons. The molecule has 0 unspecified atom stereocenters. The summed E-state index contributed by atoms with van der Waals surface area (Å²) in [7, 11) is 1.69. The van der Waals surface area contributed by atoms with Crippen molar-refractivity contribution in [1.82, 2.24) is 25.0 Å². The molecule has 4 heterocycles. The van der Waals surface area contributed by atoms with Gasteiger partial charge in [-0.2, -0.15) is 5.10 Å². The molecule has 2 aliphatic heterocycles. The molecule has 7 rings (SSSR count). The number of ether oxygens (including phenoxy) is 1. The summed E-state index contributed by atoms with van der Waals surface area (Å²) in [6, 6.07) is 27.2. The van der Waals surface area contributed by atoms with E-state index in [0.717, 1.165) is 52.8 Å². The Hall–Kier alpha value is -4.23. The molecular weight excluding hydrogens is 474 g/mol. The normalized spacial score (nSPS) is 20.8. The Bertz CT molecular complexity index is 1640. The van der Waals surface area contributed by atoms with E-state index in [9.17, 15) is 4.79 Å². The molecule has 5 aromatic rings. The highest BCUT2D eigenvalue weighted by Crippen LogP contribution is 2.39. The van der Waals surface area contributed by atoms with E-state index in [1.807, 2.05) is 65.3 Å². The fourth-order valence-electron chi connectivity index (χ4n) is 6.23. The van der Waals surface area contributed by atoms with Gasteiger partial charge < -0.3 is 10.1 Å². The quantitative estimate of drug-likeness (QED) is 0.348. The summed E-state index contributed by atoms with van der Waals surface area (Å²) in [5.41, 5.74) is 3.79. The first-order valence-electron chi connectivity index (χ1n) is 13.2. The van der Waals surface area contributed by atoms with Crippen molar-refractivity contribution in [2.75, 3.05) is 7.11 Å². The summed E-state index contributed by atoms with van der Waals surface area (Å²) in [6.45, 7) is 0.902. The number of hydrogen-bond donors (Lipinski definition) is 1. The van der Waals surface area contributed by atoms with E-state index in [1.54, 1.807) is 13.3 Å². The van der Waals surface area contributed by atoms with Gasteiger partial charge in [-0.25, -0.2) is 9.67 Å². The van der Waals surface area contributed by atoms with Crippen molar-refractivity contribution in [3.63, 3.8) is 0 Å². The Morgan fingerprint density at radius 3 is 2.74 bits per heavy atom. The van der Waals surface area contributed by atoms with Gasteiger partial charge in [0, 0.05) is 41.0 Å². The average molecular weight is 504 g/mol. The number of pyridine rings is 1. The predicted octanol–water partition coefficient (Wildman–Crippen LogP) is 5.12. The molecule has 1 N–H and O–H groups in total. The minimum Gasteiger partial charge on any atom is -0.497 e. The first kappa shape index (κ1) is 22.9. The van der Waals surface area contributed by atoms with Gasteiger partial charge in [0.15, 0.2) is 5.82 Å². The van der Waals surface area contributed by atoms with Crippen LogP contribution in [-0.2, 0) is 6.54 Å². The molecule has 2 aliphatic rings. The summed E-state index contributed by atoms with van der Waals surface area (Å²) in [4.78, 5) is 20.6. The lowest BCUT2D eigenvalue weighted by Crippen LogP contribution is -2.43. The first-order chi connectivity index (χ1) is 18.7. The number of fused-ring (bicyclic) bond motifs is 4. The Kier molecular flexibility index (Phi) is 5.59. The van der Waals surface area contributed by atoms with Crippen LogP contribution in [-0.4, -0.2) is 50.8 Å². The third-order valence-corrected chi connectivity index (χ3v) is 8.15. The van der Waals surface area contributed by atoms with Crippen LogP contribution in [0.2, 0.25) is 0 Å². The molecule has 1 amide bonds. The maximum Gasteiger partial charge on any atom is 0.251 e. The van der Waals surface area contributed by atoms with Gasteiger partial charge in [0.25, 0.3) is 5.91 Å². The largest absolute Gasteiger partial charge is 0.497 e. The van der Waals surface area contributed by atoms with Crippen LogP contribution < -0.4 is 10.1 Å². The lowest BCUT2D eigenvalue weighted by molar-refractivity contribution is 0.0925. The highest BCUT2D eigenvalue weighted by atomic mass is 16.5. The molecule has 0 radical (unpaired) electrons. The molecule has 2 aromatic heterocycles. The van der Waals surface area contributed by atoms with Crippen LogP contribution in [0.25, 0.3) is 27.6 Å². The zero-order chi connectivity index (χ0) is 25.6. The first-order valence-corrected chi connectivity index (χ1v) is 13.2. The van der Waals surface area contributed by atoms with Gasteiger partial charge >= 0.3 is 0 Å². The van der Waals surface area contributed by atoms with Crippen LogP contribution in [0.5, 0.6) is 5.75 Å². The Balaban J connectivity index is 1.07. The summed E-state index contributed by atoms with van der Waals surface area (Å²) in [5.74, 6) is 1.61. The van der Waals surface area contributed by atoms with E-state index in [4.69, 9.17) is 9.72 Å². The van der Waals surface area contributed by atoms with Crippen LogP contribution in [0.15, 0.2) is 85.1 Å². The number of nitrogens with one attached hydrogen (secondary N) is 1. The van der Waals surface area contributed by atoms with Crippen molar-refractivity contribution in [2.24, 2.45) is 0 Å². The molecule has 2 saturated heterocycles. The van der Waals surface area contributed by atoms with E-state index in [-0.39, 0.29) is 11.9 Å². The second-order valence-electron chi connectivity index (χ2n) is 10.3. The van der Waals surface area contributed by atoms with Gasteiger partial charge in [0.1, 0.15) is 5.75 Å². The number of amides is 1. The maximum absolute atomic E-state index is 13.3. The smallest absolute Gasteiger partial charge is 0.251 e. The molecule has 38 heavy (non-hydrogen) atoms. The molecule has 3 atom stereocenters. The number of carbonyl (C=O) groups is 1. The third-order valence-electron chi connectivity index (χ3n) is 8.15. The third kappa shape index (κ3) is 4.00. The molecule has 0 aliphatic carbocycles. The van der Waals surface area contributed by atoms with Crippen molar-refractivity contribution < 1.29 is 9.53 Å². The van der Waals surface area contributed by atoms with Crippen molar-refractivity contribution in [2.45, 2.75) is 43.9 Å². The highest BCUT2D eigenvalue weighted by molar-refractivity contribution is 5.98. The molecule has 2 bridgehead atoms. The van der Waals surface area contributed by atoms with Crippen LogP contribution in [0.3, 0.4) is 0 Å². The number of para-hydroxylation sites is 1. The Morgan fingerprint density at radius 1 is 1.00 bits per heavy atom. The van der Waals surface area contributed by atoms with E-state index in [0.29, 0.717) is 17.6 Å². The monoisotopic (exact) mass is 503 g/mol. The fourth-order valence-corrected chi connectivity index (χ4v) is 6.23. The van der Waals surface area contributed by atoms with Gasteiger partial charge in [0.2, 0.25) is 0 Å². The molecule has 7 heteroatoms. The van der Waals surface area contributed by atoms with Crippen molar-refractivity contribution in [3.8, 4) is 11.6 Å². The number of hydrogen-bond acceptors (Lipinski definition) is 5. The second kappa shape index (κ2) is 9.26. The highest BCUT2D eigenvalue weighted by Gasteiger charge is 2.46. The molecule has 2 fully saturated rings. The van der Waals surface area contributed by atoms with Crippen molar-refractivity contribution >= 4 is 27.7 Å². The van der Waals surface area contributed by atoms with Gasteiger partial charge in [-0.15, -0.1) is 0 Å². The lowest BCUT2D eigenvalue weighted by Gasteiger charge is -2.25. The number of rotatable bonds is 6. The topological polar surface area (TPSA) is 72.3 Å². The van der Waals surface area contributed by atoms with Crippen molar-refractivity contribution in [1.29, 1.82) is 0 Å². The van der Waals surface area contributed by atoms with Crippen molar-refractivity contribution in [3.05, 3.63) is 96.2 Å². The molecule has 7 nitrogen and oxygen atoms in total. The summed E-state index contributed by atoms with van der Waals surface area (Å²) in [6.07, 6.45) is 5.12. The zero-order valence-electron chi connectivity index (χ0n) is 21.2. The summed E-state index contributed by atoms with van der Waals surface area (Å²) in [5, 5.41) is 9.93. The van der Waals surface area contributed by atoms with E-state index >= 15 is 0 Å². The maximum atomic E-state index is 13.3. The molecular formula is C31H29N5O2. The van der Waals surface area contributed by atoms with E-state index in [1.165, 1.54) is 12.0 Å². The van der Waals surface area contributed by atoms with Gasteiger partial charge in [-0.3, -0.25) is 9.69 Å². The van der Waals surface area contributed by atoms with Crippen LogP contribution in [0.1, 0.15) is 35.2 Å². The Morgan fingerprint density at radius 2 is 1.87 bits per heavy atom. The summed E-state index contributed by atoms with van der Waals surface area (Å²) >= 11 is 0. The predicted molar refractivity (Wildman–Crippen MR) is 148 cm³/mol. The van der Waals surface area contributed by atoms with Crippen LogP contribution in [0, 0.1) is 0 Å². The fraction of sp³-hybridized carbons (Fsp3) is 0.258. The SMILES string of the molecule is COc1ccc(CN2[C@H]3CC[C@@H]2[C@H](NC(=O)c2ccc4c(cnn4-c4ccc5ccccc5n4)c2)C3)cc1. The summed E-state index contributed by atoms with van der Waals surface area (Å²) < 4.78 is 7.12. The van der Waals surface area contributed by atoms with Gasteiger partial charge in [-0.1, -0.05) is 30.3 Å². The van der Waals surface area contributed by atoms with E-state index < -0.39 is 0 Å². The number of aromatic nitrogens is 3. The van der Waals surface area contributed by atoms with Crippen LogP contribution in [0.4, 0.5) is 0 Å². The number of benzene rings is 3. The number of carbonyl (C=O) groups excluding carboxylic acids is 1. The standard InChI is InChI=1S/C31H29N5O2/c1-38-25-11-6-20(7-12-25)19-35-24-10-14-29(35)27(17-24)34-31(37)22-8-13-28-23(16-22)18-32-36(28)30-15-9-21-4-2-3-5-26(21)33-30/h2-9,11-13,15-16,18,24,27,29H,10,14,17,19H2,1H3,(H,34,37)/t24-,27+,29+/m0/s1. The number of methoxy groups -OCH3 is 1. The zero-order valence-corrected chi connectivity index (χ0v) is 21.2. The average Bonchev–Trinajstić information content (AvgIpc) is 3.65. The minimum atomic E-state index is -0.0228. The van der Waals surface area contributed by atoms with Gasteiger partial charge in [-0.05, 0) is 73.4 Å². The molecule has 0 spiro atoms. The minimum absolute atomic E-state index is 0.0228. The van der Waals surface area contributed by atoms with Crippen LogP contribution >= 0.6 is 0 Å². The Labute approximate surface area is 221 Å². The molecule has 0 saturated carbocycles. The van der Waals surface area contributed by atoms with E-state index in [2.05, 4.69) is 33.5 Å². The van der Waals surface area contributed by atoms with Gasteiger partial charge in [0.05, 0.1) is 24.3 Å². The second-order valence-corrected chi connectivity index (χ2v) is 10.3. The lowest BCUT2D eigenvalue weighted by atomic mass is 9.95. The number of nitrogens with zero attached hydrogens (tertiary/aromatic N) is 4. The molecule has 3 aromatic carbocycles.